The molecule has 0 radical (unpaired) electrons. The molecule has 0 saturated carbocycles. The van der Waals surface area contributed by atoms with Crippen molar-refractivity contribution in [2.45, 2.75) is 6.92 Å². The van der Waals surface area contributed by atoms with E-state index in [0.717, 1.165) is 24.5 Å². The molecule has 0 aliphatic carbocycles. The number of aromatic nitrogens is 3. The molecule has 2 aromatic rings. The van der Waals surface area contributed by atoms with E-state index in [2.05, 4.69) is 10.1 Å². The van der Waals surface area contributed by atoms with Gasteiger partial charge in [-0.2, -0.15) is 8.42 Å². The van der Waals surface area contributed by atoms with Crippen LogP contribution in [0.5, 0.6) is 0 Å². The Bertz CT molecular complexity index is 696. The van der Waals surface area contributed by atoms with E-state index < -0.39 is 27.6 Å². The van der Waals surface area contributed by atoms with Gasteiger partial charge in [0.2, 0.25) is 0 Å². The fourth-order valence-electron chi connectivity index (χ4n) is 1.42. The van der Waals surface area contributed by atoms with Crippen molar-refractivity contribution < 1.29 is 21.8 Å². The molecule has 1 aromatic carbocycles. The molecular weight excluding hydrogens is 282 g/mol. The average molecular weight is 290 g/mol. The molecule has 0 aliphatic heterocycles. The van der Waals surface area contributed by atoms with Crippen LogP contribution in [0.1, 0.15) is 5.82 Å². The van der Waals surface area contributed by atoms with Crippen LogP contribution in [0.3, 0.4) is 0 Å². The lowest BCUT2D eigenvalue weighted by molar-refractivity contribution is 0.460. The fourth-order valence-corrected chi connectivity index (χ4v) is 2.11. The van der Waals surface area contributed by atoms with E-state index in [-0.39, 0.29) is 10.2 Å². The third kappa shape index (κ3) is 2.53. The fraction of sp³-hybridized carbons (Fsp3) is 0.111. The summed E-state index contributed by atoms with van der Waals surface area (Å²) in [6.45, 7) is 1.44. The number of halogens is 2. The van der Waals surface area contributed by atoms with Crippen LogP contribution in [0.4, 0.5) is 14.5 Å². The van der Waals surface area contributed by atoms with Crippen molar-refractivity contribution in [2.24, 2.45) is 0 Å². The summed E-state index contributed by atoms with van der Waals surface area (Å²) in [5, 5.41) is 3.60. The van der Waals surface area contributed by atoms with Gasteiger partial charge in [-0.05, 0) is 19.1 Å². The Morgan fingerprint density at radius 1 is 1.32 bits per heavy atom. The molecule has 1 heterocycles. The molecule has 1 N–H and O–H groups in total. The van der Waals surface area contributed by atoms with Crippen molar-refractivity contribution in [2.75, 3.05) is 4.41 Å². The standard InChI is InChI=1S/C9H8F2N4O3S/c1-6-12-5-14(13-6)15(19(16,17)18)9-7(10)3-2-4-8(9)11/h2-5H,1H3,(H,16,17,18). The maximum absolute atomic E-state index is 13.6. The monoisotopic (exact) mass is 290 g/mol. The van der Waals surface area contributed by atoms with E-state index in [1.807, 2.05) is 0 Å². The molecule has 0 spiro atoms. The summed E-state index contributed by atoms with van der Waals surface area (Å²) in [6, 6.07) is 2.75. The topological polar surface area (TPSA) is 88.3 Å². The molecule has 7 nitrogen and oxygen atoms in total. The van der Waals surface area contributed by atoms with Crippen LogP contribution < -0.4 is 4.41 Å². The zero-order chi connectivity index (χ0) is 14.2. The van der Waals surface area contributed by atoms with Gasteiger partial charge in [-0.1, -0.05) is 6.07 Å². The Labute approximate surface area is 107 Å². The van der Waals surface area contributed by atoms with Crippen molar-refractivity contribution in [3.63, 3.8) is 0 Å². The lowest BCUT2D eigenvalue weighted by Crippen LogP contribution is -2.37. The van der Waals surface area contributed by atoms with Crippen molar-refractivity contribution >= 4 is 16.0 Å². The Kier molecular flexibility index (Phi) is 3.20. The molecule has 0 saturated heterocycles. The molecular formula is C9H8F2N4O3S. The Morgan fingerprint density at radius 3 is 2.32 bits per heavy atom. The third-order valence-corrected chi connectivity index (χ3v) is 2.92. The van der Waals surface area contributed by atoms with E-state index in [1.54, 1.807) is 0 Å². The van der Waals surface area contributed by atoms with Crippen molar-refractivity contribution in [3.8, 4) is 0 Å². The minimum atomic E-state index is -4.99. The lowest BCUT2D eigenvalue weighted by atomic mass is 10.3. The Morgan fingerprint density at radius 2 is 1.89 bits per heavy atom. The van der Waals surface area contributed by atoms with Crippen LogP contribution in [0.25, 0.3) is 0 Å². The quantitative estimate of drug-likeness (QED) is 0.850. The molecule has 0 aliphatic rings. The van der Waals surface area contributed by atoms with Gasteiger partial charge in [0.1, 0.15) is 12.2 Å². The summed E-state index contributed by atoms with van der Waals surface area (Å²) >= 11 is 0. The predicted molar refractivity (Wildman–Crippen MR) is 60.5 cm³/mol. The molecule has 0 unspecified atom stereocenters. The highest BCUT2D eigenvalue weighted by Gasteiger charge is 2.29. The highest BCUT2D eigenvalue weighted by Crippen LogP contribution is 2.25. The predicted octanol–water partition coefficient (Wildman–Crippen LogP) is 0.937. The normalized spacial score (nSPS) is 11.6. The first-order valence-electron chi connectivity index (χ1n) is 4.91. The summed E-state index contributed by atoms with van der Waals surface area (Å²) < 4.78 is 58.9. The van der Waals surface area contributed by atoms with Gasteiger partial charge in [-0.3, -0.25) is 4.55 Å². The smallest absolute Gasteiger partial charge is 0.268 e. The maximum atomic E-state index is 13.6. The molecule has 19 heavy (non-hydrogen) atoms. The summed E-state index contributed by atoms with van der Waals surface area (Å²) in [7, 11) is -4.99. The lowest BCUT2D eigenvalue weighted by Gasteiger charge is -2.20. The first kappa shape index (κ1) is 13.4. The van der Waals surface area contributed by atoms with Crippen LogP contribution in [0.2, 0.25) is 0 Å². The van der Waals surface area contributed by atoms with Gasteiger partial charge in [-0.25, -0.2) is 13.8 Å². The van der Waals surface area contributed by atoms with Gasteiger partial charge >= 0.3 is 10.3 Å². The van der Waals surface area contributed by atoms with Gasteiger partial charge in [0.05, 0.1) is 0 Å². The van der Waals surface area contributed by atoms with Gasteiger partial charge in [0, 0.05) is 0 Å². The number of para-hydroxylation sites is 1. The van der Waals surface area contributed by atoms with Gasteiger partial charge in [0.25, 0.3) is 0 Å². The van der Waals surface area contributed by atoms with Crippen LogP contribution >= 0.6 is 0 Å². The van der Waals surface area contributed by atoms with Gasteiger partial charge in [0.15, 0.2) is 17.3 Å². The van der Waals surface area contributed by atoms with E-state index >= 15 is 0 Å². The van der Waals surface area contributed by atoms with Gasteiger partial charge < -0.3 is 0 Å². The van der Waals surface area contributed by atoms with Crippen molar-refractivity contribution in [1.29, 1.82) is 0 Å². The van der Waals surface area contributed by atoms with Crippen LogP contribution in [0, 0.1) is 18.6 Å². The largest absolute Gasteiger partial charge is 0.379 e. The number of benzene rings is 1. The van der Waals surface area contributed by atoms with E-state index in [0.29, 0.717) is 4.79 Å². The van der Waals surface area contributed by atoms with E-state index in [9.17, 15) is 17.2 Å². The summed E-state index contributed by atoms with van der Waals surface area (Å²) in [6.07, 6.45) is 0.898. The molecule has 0 amide bonds. The summed E-state index contributed by atoms with van der Waals surface area (Å²) in [4.78, 5) is 4.15. The molecule has 0 fully saturated rings. The molecule has 2 rings (SSSR count). The van der Waals surface area contributed by atoms with Crippen LogP contribution in [-0.2, 0) is 10.3 Å². The van der Waals surface area contributed by atoms with E-state index in [1.165, 1.54) is 6.92 Å². The zero-order valence-corrected chi connectivity index (χ0v) is 10.3. The minimum Gasteiger partial charge on any atom is -0.268 e. The van der Waals surface area contributed by atoms with Gasteiger partial charge in [-0.15, -0.1) is 14.3 Å². The highest BCUT2D eigenvalue weighted by atomic mass is 32.2. The Hall–Kier alpha value is -2.07. The van der Waals surface area contributed by atoms with E-state index in [4.69, 9.17) is 4.55 Å². The molecule has 0 bridgehead atoms. The summed E-state index contributed by atoms with van der Waals surface area (Å²) in [5.74, 6) is -2.19. The molecule has 0 atom stereocenters. The number of nitrogens with zero attached hydrogens (tertiary/aromatic N) is 4. The first-order valence-corrected chi connectivity index (χ1v) is 6.30. The first-order chi connectivity index (χ1) is 8.80. The van der Waals surface area contributed by atoms with Crippen LogP contribution in [0.15, 0.2) is 24.5 Å². The van der Waals surface area contributed by atoms with Crippen molar-refractivity contribution in [3.05, 3.63) is 42.0 Å². The number of hydrogen-bond acceptors (Lipinski definition) is 4. The maximum Gasteiger partial charge on any atom is 0.379 e. The molecule has 102 valence electrons. The second-order valence-corrected chi connectivity index (χ2v) is 4.74. The number of aryl methyl sites for hydroxylation is 1. The Balaban J connectivity index is 2.70. The third-order valence-electron chi connectivity index (χ3n) is 2.13. The second-order valence-electron chi connectivity index (χ2n) is 3.50. The second kappa shape index (κ2) is 4.55. The molecule has 1 aromatic heterocycles. The zero-order valence-electron chi connectivity index (χ0n) is 9.53. The number of rotatable bonds is 3. The minimum absolute atomic E-state index is 0.0301. The highest BCUT2D eigenvalue weighted by molar-refractivity contribution is 7.87. The summed E-state index contributed by atoms with van der Waals surface area (Å²) in [5.41, 5.74) is -0.977. The molecule has 10 heteroatoms. The number of anilines is 1. The van der Waals surface area contributed by atoms with Crippen LogP contribution in [-0.4, -0.2) is 27.8 Å². The van der Waals surface area contributed by atoms with Crippen molar-refractivity contribution in [1.82, 2.24) is 14.9 Å². The average Bonchev–Trinajstić information content (AvgIpc) is 2.68. The number of hydrogen-bond donors (Lipinski definition) is 1. The SMILES string of the molecule is Cc1ncn(N(c2c(F)cccc2F)S(=O)(=O)O)n1.